The first kappa shape index (κ1) is 54.1. The fourth-order valence-corrected chi connectivity index (χ4v) is 10.9. The second kappa shape index (κ2) is 23.8. The Balaban J connectivity index is 0.969. The molecule has 1 aliphatic rings. The molecule has 0 aromatic heterocycles. The number of ether oxygens (including phenoxy) is 6. The fraction of sp³-hybridized carbons (Fsp3) is 0.183. The average molecular weight is 1080 g/mol. The molecular formula is C71H62O10. The van der Waals surface area contributed by atoms with E-state index in [1.807, 2.05) is 24.3 Å². The summed E-state index contributed by atoms with van der Waals surface area (Å²) in [5.41, 5.74) is 11.1. The highest BCUT2D eigenvalue weighted by Crippen LogP contribution is 2.58. The first-order chi connectivity index (χ1) is 39.4. The second-order valence-electron chi connectivity index (χ2n) is 20.8. The van der Waals surface area contributed by atoms with Crippen LogP contribution in [0.5, 0.6) is 11.5 Å². The van der Waals surface area contributed by atoms with Gasteiger partial charge in [0, 0.05) is 11.1 Å². The van der Waals surface area contributed by atoms with E-state index < -0.39 is 29.6 Å². The van der Waals surface area contributed by atoms with Gasteiger partial charge < -0.3 is 38.6 Å². The summed E-state index contributed by atoms with van der Waals surface area (Å²) in [6.45, 7) is 10.8. The van der Waals surface area contributed by atoms with Gasteiger partial charge >= 0.3 is 11.9 Å². The molecule has 0 radical (unpaired) electrons. The molecular weight excluding hydrogens is 1010 g/mol. The molecule has 0 saturated carbocycles. The van der Waals surface area contributed by atoms with Crippen molar-refractivity contribution in [3.8, 4) is 44.9 Å². The molecule has 0 heterocycles. The van der Waals surface area contributed by atoms with Crippen molar-refractivity contribution in [2.45, 2.75) is 31.5 Å². The summed E-state index contributed by atoms with van der Waals surface area (Å²) < 4.78 is 33.7. The molecule has 406 valence electrons. The van der Waals surface area contributed by atoms with E-state index in [0.717, 1.165) is 66.1 Å². The van der Waals surface area contributed by atoms with E-state index in [-0.39, 0.29) is 64.0 Å². The Morgan fingerprint density at radius 1 is 0.407 bits per heavy atom. The Labute approximate surface area is 471 Å². The number of hydrogen-bond acceptors (Lipinski definition) is 10. The van der Waals surface area contributed by atoms with Crippen LogP contribution < -0.4 is 9.47 Å². The lowest BCUT2D eigenvalue weighted by atomic mass is 9.66. The summed E-state index contributed by atoms with van der Waals surface area (Å²) >= 11 is 0. The highest BCUT2D eigenvalue weighted by molar-refractivity contribution is 5.96. The summed E-state index contributed by atoms with van der Waals surface area (Å²) in [6, 6.07) is 70.1. The number of benzene rings is 10. The van der Waals surface area contributed by atoms with Crippen molar-refractivity contribution >= 4 is 55.0 Å². The van der Waals surface area contributed by atoms with Crippen LogP contribution in [-0.2, 0) is 34.0 Å². The fourth-order valence-electron chi connectivity index (χ4n) is 10.9. The molecule has 2 unspecified atom stereocenters. The van der Waals surface area contributed by atoms with Crippen LogP contribution in [0.2, 0.25) is 0 Å². The molecule has 0 amide bonds. The van der Waals surface area contributed by atoms with Crippen LogP contribution >= 0.6 is 0 Å². The van der Waals surface area contributed by atoms with Gasteiger partial charge in [0.2, 0.25) is 0 Å². The van der Waals surface area contributed by atoms with Gasteiger partial charge in [0.05, 0.1) is 31.8 Å². The van der Waals surface area contributed by atoms with Crippen LogP contribution in [0, 0.1) is 0 Å². The molecule has 1 aliphatic carbocycles. The van der Waals surface area contributed by atoms with Gasteiger partial charge in [0.1, 0.15) is 50.1 Å². The highest BCUT2D eigenvalue weighted by Gasteiger charge is 2.47. The Hall–Kier alpha value is -8.90. The predicted octanol–water partition coefficient (Wildman–Crippen LogP) is 13.7. The van der Waals surface area contributed by atoms with Crippen LogP contribution in [0.15, 0.2) is 218 Å². The van der Waals surface area contributed by atoms with E-state index >= 15 is 0 Å². The first-order valence-corrected chi connectivity index (χ1v) is 27.2. The highest BCUT2D eigenvalue weighted by atomic mass is 16.6. The summed E-state index contributed by atoms with van der Waals surface area (Å²) in [6.07, 6.45) is -1.94. The number of rotatable bonds is 22. The molecule has 10 nitrogen and oxygen atoms in total. The second-order valence-corrected chi connectivity index (χ2v) is 20.8. The molecule has 81 heavy (non-hydrogen) atoms. The zero-order valence-electron chi connectivity index (χ0n) is 45.4. The molecule has 10 heteroatoms. The smallest absolute Gasteiger partial charge is 0.333 e. The minimum atomic E-state index is -0.969. The van der Waals surface area contributed by atoms with Crippen molar-refractivity contribution in [3.05, 3.63) is 241 Å². The molecule has 10 aromatic rings. The molecule has 2 N–H and O–H groups in total. The predicted molar refractivity (Wildman–Crippen MR) is 321 cm³/mol. The monoisotopic (exact) mass is 1070 g/mol. The number of fused-ring (bicyclic) bond motifs is 7. The van der Waals surface area contributed by atoms with Gasteiger partial charge in [-0.1, -0.05) is 147 Å². The quantitative estimate of drug-likeness (QED) is 0.0384. The topological polar surface area (TPSA) is 130 Å². The Bertz CT molecular complexity index is 3770. The van der Waals surface area contributed by atoms with Gasteiger partial charge in [-0.05, 0) is 173 Å². The van der Waals surface area contributed by atoms with Gasteiger partial charge in [0.25, 0.3) is 0 Å². The van der Waals surface area contributed by atoms with Crippen LogP contribution in [0.3, 0.4) is 0 Å². The molecule has 0 bridgehead atoms. The van der Waals surface area contributed by atoms with Crippen molar-refractivity contribution in [2.24, 2.45) is 0 Å². The number of aliphatic hydroxyl groups is 2. The van der Waals surface area contributed by atoms with Crippen LogP contribution in [-0.4, -0.2) is 87.2 Å². The lowest BCUT2D eigenvalue weighted by Gasteiger charge is -2.35. The van der Waals surface area contributed by atoms with E-state index in [1.54, 1.807) is 13.8 Å². The first-order valence-electron chi connectivity index (χ1n) is 27.2. The standard InChI is InChI=1S/C71H62O10/c1-45(2)69(74)80-43-61(72)41-76-29-31-78-63-25-19-53-35-59(23-17-55(53)37-63)71(60-24-18-56-38-64(26-20-54(56)36-60)79-32-30-77-42-62(73)44-81-70(75)46(3)4)67-39-57(51-15-13-47-9-5-7-11-49(47)33-51)21-27-65(67)66-28-22-58(40-68(66)71)52-16-14-48-10-6-8-12-50(48)34-52/h5-28,33-40,61-62,72-73H,1,3,29-32,41-44H2,2,4H3. The Morgan fingerprint density at radius 3 is 1.20 bits per heavy atom. The Morgan fingerprint density at radius 2 is 0.765 bits per heavy atom. The summed E-state index contributed by atoms with van der Waals surface area (Å²) in [4.78, 5) is 23.5. The SMILES string of the molecule is C=C(C)C(=O)OCC(O)COCCOc1ccc2cc(C3(c4ccc5cc(OCCOCC(O)COC(=O)C(=C)C)ccc5c4)c4cc(-c5ccc6ccccc6c5)ccc4-c4ccc(-c5ccc6ccccc6c5)cc43)ccc2c1. The van der Waals surface area contributed by atoms with E-state index in [4.69, 9.17) is 28.4 Å². The van der Waals surface area contributed by atoms with Gasteiger partial charge in [-0.15, -0.1) is 0 Å². The molecule has 0 saturated heterocycles. The summed E-state index contributed by atoms with van der Waals surface area (Å²) in [5, 5.41) is 29.3. The van der Waals surface area contributed by atoms with E-state index in [0.29, 0.717) is 11.5 Å². The Kier molecular flexibility index (Phi) is 15.9. The minimum absolute atomic E-state index is 0.00846. The number of carbonyl (C=O) groups is 2. The lowest BCUT2D eigenvalue weighted by molar-refractivity contribution is -0.143. The minimum Gasteiger partial charge on any atom is -0.491 e. The third-order valence-electron chi connectivity index (χ3n) is 14.9. The number of esters is 2. The summed E-state index contributed by atoms with van der Waals surface area (Å²) in [5.74, 6) is 0.258. The lowest BCUT2D eigenvalue weighted by Crippen LogP contribution is -2.28. The maximum absolute atomic E-state index is 11.7. The third-order valence-corrected chi connectivity index (χ3v) is 14.9. The van der Waals surface area contributed by atoms with Gasteiger partial charge in [0.15, 0.2) is 0 Å². The maximum Gasteiger partial charge on any atom is 0.333 e. The summed E-state index contributed by atoms with van der Waals surface area (Å²) in [7, 11) is 0. The van der Waals surface area contributed by atoms with E-state index in [9.17, 15) is 19.8 Å². The van der Waals surface area contributed by atoms with Crippen molar-refractivity contribution in [1.29, 1.82) is 0 Å². The van der Waals surface area contributed by atoms with Gasteiger partial charge in [-0.25, -0.2) is 9.59 Å². The maximum atomic E-state index is 11.7. The third kappa shape index (κ3) is 11.6. The van der Waals surface area contributed by atoms with Crippen molar-refractivity contribution in [2.75, 3.05) is 52.9 Å². The zero-order valence-corrected chi connectivity index (χ0v) is 45.4. The van der Waals surface area contributed by atoms with Crippen molar-refractivity contribution < 1.29 is 48.2 Å². The van der Waals surface area contributed by atoms with Crippen LogP contribution in [0.4, 0.5) is 0 Å². The van der Waals surface area contributed by atoms with E-state index in [2.05, 4.69) is 183 Å². The molecule has 0 fully saturated rings. The van der Waals surface area contributed by atoms with Gasteiger partial charge in [-0.2, -0.15) is 0 Å². The van der Waals surface area contributed by atoms with Gasteiger partial charge in [-0.3, -0.25) is 0 Å². The molecule has 0 aliphatic heterocycles. The van der Waals surface area contributed by atoms with Crippen LogP contribution in [0.25, 0.3) is 76.5 Å². The molecule has 2 atom stereocenters. The normalized spacial score (nSPS) is 13.1. The number of hydrogen-bond donors (Lipinski definition) is 2. The molecule has 11 rings (SSSR count). The number of aliphatic hydroxyl groups excluding tert-OH is 2. The molecule has 10 aromatic carbocycles. The van der Waals surface area contributed by atoms with E-state index in [1.165, 1.54) is 32.7 Å². The van der Waals surface area contributed by atoms with Crippen molar-refractivity contribution in [1.82, 2.24) is 0 Å². The number of carbonyl (C=O) groups excluding carboxylic acids is 2. The van der Waals surface area contributed by atoms with Crippen LogP contribution in [0.1, 0.15) is 36.1 Å². The zero-order chi connectivity index (χ0) is 56.0. The molecule has 0 spiro atoms. The largest absolute Gasteiger partial charge is 0.491 e. The average Bonchev–Trinajstić information content (AvgIpc) is 4.06. The van der Waals surface area contributed by atoms with Crippen molar-refractivity contribution in [3.63, 3.8) is 0 Å².